The first-order chi connectivity index (χ1) is 14.9. The fraction of sp³-hybridized carbons (Fsp3) is 0.652. The van der Waals surface area contributed by atoms with Gasteiger partial charge in [0.05, 0.1) is 26.8 Å². The second-order valence-electron chi connectivity index (χ2n) is 8.39. The van der Waals surface area contributed by atoms with E-state index in [9.17, 15) is 4.79 Å². The molecule has 0 radical (unpaired) electrons. The van der Waals surface area contributed by atoms with Crippen LogP contribution in [0.3, 0.4) is 0 Å². The number of methoxy groups -OCH3 is 2. The predicted octanol–water partition coefficient (Wildman–Crippen LogP) is 1.94. The predicted molar refractivity (Wildman–Crippen MR) is 140 cm³/mol. The summed E-state index contributed by atoms with van der Waals surface area (Å²) in [6.07, 6.45) is 0. The highest BCUT2D eigenvalue weighted by atomic mass is 127. The van der Waals surface area contributed by atoms with Crippen LogP contribution in [0.15, 0.2) is 29.3 Å². The molecule has 0 aromatic heterocycles. The first kappa shape index (κ1) is 28.4. The number of carbonyl (C=O) groups excluding carboxylic acids is 1. The van der Waals surface area contributed by atoms with Gasteiger partial charge in [0.25, 0.3) is 0 Å². The summed E-state index contributed by atoms with van der Waals surface area (Å²) < 4.78 is 10.3. The Kier molecular flexibility index (Phi) is 12.9. The van der Waals surface area contributed by atoms with Crippen LogP contribution in [0, 0.1) is 0 Å². The molecule has 1 fully saturated rings. The third kappa shape index (κ3) is 9.11. The lowest BCUT2D eigenvalue weighted by molar-refractivity contribution is -0.122. The van der Waals surface area contributed by atoms with Crippen LogP contribution in [0.5, 0.6) is 5.75 Å². The van der Waals surface area contributed by atoms with Gasteiger partial charge in [-0.15, -0.1) is 24.0 Å². The summed E-state index contributed by atoms with van der Waals surface area (Å²) in [6, 6.07) is 8.19. The van der Waals surface area contributed by atoms with E-state index in [2.05, 4.69) is 53.3 Å². The van der Waals surface area contributed by atoms with E-state index in [0.29, 0.717) is 26.2 Å². The summed E-state index contributed by atoms with van der Waals surface area (Å²) in [7, 11) is 3.32. The maximum atomic E-state index is 12.0. The minimum atomic E-state index is -0.114. The Labute approximate surface area is 210 Å². The highest BCUT2D eigenvalue weighted by Gasteiger charge is 2.24. The van der Waals surface area contributed by atoms with Crippen molar-refractivity contribution in [1.82, 2.24) is 20.4 Å². The van der Waals surface area contributed by atoms with Crippen molar-refractivity contribution < 1.29 is 14.3 Å². The third-order valence-corrected chi connectivity index (χ3v) is 5.48. The van der Waals surface area contributed by atoms with Crippen LogP contribution in [-0.4, -0.2) is 94.9 Å². The van der Waals surface area contributed by atoms with Gasteiger partial charge in [0, 0.05) is 51.8 Å². The summed E-state index contributed by atoms with van der Waals surface area (Å²) >= 11 is 0. The topological polar surface area (TPSA) is 78.4 Å². The number of carbonyl (C=O) groups is 1. The zero-order valence-electron chi connectivity index (χ0n) is 20.1. The molecule has 0 aliphatic carbocycles. The van der Waals surface area contributed by atoms with E-state index in [4.69, 9.17) is 14.5 Å². The van der Waals surface area contributed by atoms with Gasteiger partial charge in [-0.3, -0.25) is 14.7 Å². The molecular weight excluding hydrogens is 521 g/mol. The minimum Gasteiger partial charge on any atom is -0.497 e. The standard InChI is InChI=1S/C23H39N5O3.HI/c1-6-24-22(26-18-23(2,3)19-8-7-9-20(16-19)31-5)28-13-11-27(12-14-28)17-21(29)25-10-15-30-4;/h7-9,16H,6,10-15,17-18H2,1-5H3,(H,24,26)(H,25,29);1H. The molecule has 1 aromatic carbocycles. The highest BCUT2D eigenvalue weighted by molar-refractivity contribution is 14.0. The van der Waals surface area contributed by atoms with E-state index < -0.39 is 0 Å². The van der Waals surface area contributed by atoms with E-state index in [0.717, 1.165) is 44.4 Å². The molecule has 0 saturated carbocycles. The van der Waals surface area contributed by atoms with Crippen molar-refractivity contribution in [2.75, 3.05) is 73.2 Å². The molecule has 0 atom stereocenters. The summed E-state index contributed by atoms with van der Waals surface area (Å²) in [5.41, 5.74) is 1.09. The first-order valence-corrected chi connectivity index (χ1v) is 11.1. The molecule has 0 bridgehead atoms. The van der Waals surface area contributed by atoms with Crippen molar-refractivity contribution in [2.45, 2.75) is 26.2 Å². The van der Waals surface area contributed by atoms with Crippen molar-refractivity contribution in [3.05, 3.63) is 29.8 Å². The second-order valence-corrected chi connectivity index (χ2v) is 8.39. The second kappa shape index (κ2) is 14.5. The molecule has 2 N–H and O–H groups in total. The summed E-state index contributed by atoms with van der Waals surface area (Å²) in [4.78, 5) is 21.5. The lowest BCUT2D eigenvalue weighted by atomic mass is 9.84. The number of halogens is 1. The van der Waals surface area contributed by atoms with Crippen molar-refractivity contribution in [2.24, 2.45) is 4.99 Å². The number of hydrogen-bond donors (Lipinski definition) is 2. The van der Waals surface area contributed by atoms with Crippen LogP contribution < -0.4 is 15.4 Å². The maximum absolute atomic E-state index is 12.0. The van der Waals surface area contributed by atoms with Crippen molar-refractivity contribution in [3.63, 3.8) is 0 Å². The summed E-state index contributed by atoms with van der Waals surface area (Å²) in [6.45, 7) is 12.9. The number of nitrogens with zero attached hydrogens (tertiary/aromatic N) is 3. The molecule has 1 saturated heterocycles. The monoisotopic (exact) mass is 561 g/mol. The highest BCUT2D eigenvalue weighted by Crippen LogP contribution is 2.26. The van der Waals surface area contributed by atoms with E-state index in [1.807, 2.05) is 12.1 Å². The lowest BCUT2D eigenvalue weighted by Crippen LogP contribution is -2.54. The third-order valence-electron chi connectivity index (χ3n) is 5.48. The molecule has 2 rings (SSSR count). The van der Waals surface area contributed by atoms with Gasteiger partial charge in [-0.05, 0) is 24.6 Å². The number of rotatable bonds is 10. The molecule has 1 heterocycles. The molecule has 32 heavy (non-hydrogen) atoms. The Morgan fingerprint density at radius 1 is 1.16 bits per heavy atom. The first-order valence-electron chi connectivity index (χ1n) is 11.1. The fourth-order valence-electron chi connectivity index (χ4n) is 3.50. The molecule has 0 unspecified atom stereocenters. The summed E-state index contributed by atoms with van der Waals surface area (Å²) in [5.74, 6) is 1.85. The van der Waals surface area contributed by atoms with Gasteiger partial charge in [-0.25, -0.2) is 0 Å². The van der Waals surface area contributed by atoms with Crippen molar-refractivity contribution in [1.29, 1.82) is 0 Å². The van der Waals surface area contributed by atoms with Crippen LogP contribution in [0.1, 0.15) is 26.3 Å². The van der Waals surface area contributed by atoms with E-state index in [-0.39, 0.29) is 35.3 Å². The maximum Gasteiger partial charge on any atom is 0.234 e. The Morgan fingerprint density at radius 2 is 1.88 bits per heavy atom. The fourth-order valence-corrected chi connectivity index (χ4v) is 3.50. The molecular formula is C23H40IN5O3. The molecule has 8 nitrogen and oxygen atoms in total. The van der Waals surface area contributed by atoms with Gasteiger partial charge in [0.1, 0.15) is 5.75 Å². The van der Waals surface area contributed by atoms with Crippen LogP contribution >= 0.6 is 24.0 Å². The van der Waals surface area contributed by atoms with Gasteiger partial charge >= 0.3 is 0 Å². The number of hydrogen-bond acceptors (Lipinski definition) is 5. The van der Waals surface area contributed by atoms with Crippen molar-refractivity contribution >= 4 is 35.8 Å². The molecule has 0 spiro atoms. The Balaban J connectivity index is 0.00000512. The zero-order chi connectivity index (χ0) is 22.7. The number of guanidine groups is 1. The zero-order valence-corrected chi connectivity index (χ0v) is 22.5. The molecule has 1 aliphatic rings. The normalized spacial score (nSPS) is 15.2. The number of benzene rings is 1. The molecule has 9 heteroatoms. The molecule has 1 aromatic rings. The van der Waals surface area contributed by atoms with Crippen LogP contribution in [0.4, 0.5) is 0 Å². The van der Waals surface area contributed by atoms with E-state index in [1.165, 1.54) is 5.56 Å². The largest absolute Gasteiger partial charge is 0.497 e. The van der Waals surface area contributed by atoms with Crippen LogP contribution in [0.25, 0.3) is 0 Å². The Morgan fingerprint density at radius 3 is 2.50 bits per heavy atom. The number of piperazine rings is 1. The number of nitrogens with one attached hydrogen (secondary N) is 2. The molecule has 1 aliphatic heterocycles. The Hall–Kier alpha value is -1.59. The smallest absolute Gasteiger partial charge is 0.234 e. The van der Waals surface area contributed by atoms with Crippen LogP contribution in [0.2, 0.25) is 0 Å². The molecule has 1 amide bonds. The number of aliphatic imine (C=N–C) groups is 1. The quantitative estimate of drug-likeness (QED) is 0.197. The lowest BCUT2D eigenvalue weighted by Gasteiger charge is -2.36. The van der Waals surface area contributed by atoms with Gasteiger partial charge in [-0.2, -0.15) is 0 Å². The van der Waals surface area contributed by atoms with Gasteiger partial charge in [0.15, 0.2) is 5.96 Å². The molecule has 182 valence electrons. The minimum absolute atomic E-state index is 0. The van der Waals surface area contributed by atoms with Gasteiger partial charge in [-0.1, -0.05) is 26.0 Å². The Bertz CT molecular complexity index is 721. The van der Waals surface area contributed by atoms with Gasteiger partial charge < -0.3 is 25.0 Å². The number of amides is 1. The average molecular weight is 562 g/mol. The van der Waals surface area contributed by atoms with E-state index in [1.54, 1.807) is 14.2 Å². The van der Waals surface area contributed by atoms with Crippen LogP contribution in [-0.2, 0) is 14.9 Å². The van der Waals surface area contributed by atoms with Crippen molar-refractivity contribution in [3.8, 4) is 5.75 Å². The summed E-state index contributed by atoms with van der Waals surface area (Å²) in [5, 5.41) is 6.31. The SMILES string of the molecule is CCNC(=NCC(C)(C)c1cccc(OC)c1)N1CCN(CC(=O)NCCOC)CC1.I. The average Bonchev–Trinajstić information content (AvgIpc) is 2.77. The number of ether oxygens (including phenoxy) is 2. The van der Waals surface area contributed by atoms with Gasteiger partial charge in [0.2, 0.25) is 5.91 Å². The van der Waals surface area contributed by atoms with E-state index >= 15 is 0 Å².